The minimum absolute atomic E-state index is 0. The molecule has 33 heavy (non-hydrogen) atoms. The highest BCUT2D eigenvalue weighted by Crippen LogP contribution is 2.34. The van der Waals surface area contributed by atoms with Gasteiger partial charge in [0.25, 0.3) is 0 Å². The maximum atomic E-state index is 6.33. The number of guanidine groups is 1. The van der Waals surface area contributed by atoms with E-state index >= 15 is 0 Å². The zero-order valence-corrected chi connectivity index (χ0v) is 21.4. The molecule has 1 aliphatic carbocycles. The van der Waals surface area contributed by atoms with Crippen molar-refractivity contribution in [2.75, 3.05) is 14.2 Å². The van der Waals surface area contributed by atoms with Crippen LogP contribution in [0, 0.1) is 0 Å². The van der Waals surface area contributed by atoms with Gasteiger partial charge in [0.1, 0.15) is 12.7 Å². The van der Waals surface area contributed by atoms with E-state index in [0.29, 0.717) is 13.1 Å². The molecule has 1 saturated carbocycles. The first kappa shape index (κ1) is 24.8. The number of benzene rings is 2. The number of halogens is 1. The average molecular weight is 562 g/mol. The van der Waals surface area contributed by atoms with Crippen LogP contribution in [-0.2, 0) is 13.1 Å². The van der Waals surface area contributed by atoms with Gasteiger partial charge in [0.2, 0.25) is 0 Å². The van der Waals surface area contributed by atoms with Crippen molar-refractivity contribution in [3.05, 3.63) is 66.2 Å². The van der Waals surface area contributed by atoms with Crippen molar-refractivity contribution in [3.8, 4) is 17.2 Å². The van der Waals surface area contributed by atoms with E-state index < -0.39 is 0 Å². The summed E-state index contributed by atoms with van der Waals surface area (Å²) in [5.74, 6) is 2.32. The van der Waals surface area contributed by atoms with E-state index in [1.807, 2.05) is 24.3 Å². The Morgan fingerprint density at radius 2 is 1.85 bits per heavy atom. The summed E-state index contributed by atoms with van der Waals surface area (Å²) in [4.78, 5) is 8.33. The predicted octanol–water partition coefficient (Wildman–Crippen LogP) is 4.08. The maximum Gasteiger partial charge on any atom is 0.191 e. The molecule has 8 nitrogen and oxygen atoms in total. The topological polar surface area (TPSA) is 85.6 Å². The van der Waals surface area contributed by atoms with Gasteiger partial charge in [-0.25, -0.2) is 9.67 Å². The third kappa shape index (κ3) is 6.59. The fourth-order valence-electron chi connectivity index (χ4n) is 3.86. The Morgan fingerprint density at radius 3 is 2.52 bits per heavy atom. The quantitative estimate of drug-likeness (QED) is 0.245. The smallest absolute Gasteiger partial charge is 0.191 e. The van der Waals surface area contributed by atoms with E-state index in [0.717, 1.165) is 47.1 Å². The summed E-state index contributed by atoms with van der Waals surface area (Å²) < 4.78 is 13.6. The SMILES string of the molecule is CN=C(NCc1ccc(-n2cncn2)cc1)NCc1cccc(OC)c1OC1CCCC1.I. The normalized spacial score (nSPS) is 13.9. The summed E-state index contributed by atoms with van der Waals surface area (Å²) in [7, 11) is 3.45. The van der Waals surface area contributed by atoms with Crippen molar-refractivity contribution in [2.24, 2.45) is 4.99 Å². The fraction of sp³-hybridized carbons (Fsp3) is 0.375. The standard InChI is InChI=1S/C24H30N6O2.HI/c1-25-24(27-14-18-10-12-20(13-11-18)30-17-26-16-29-30)28-15-19-6-5-9-22(31-2)23(19)32-21-7-3-4-8-21;/h5-6,9-13,16-17,21H,3-4,7-8,14-15H2,1-2H3,(H2,25,27,28);1H. The molecule has 2 aromatic carbocycles. The van der Waals surface area contributed by atoms with E-state index in [1.54, 1.807) is 25.2 Å². The molecule has 2 N–H and O–H groups in total. The Labute approximate surface area is 211 Å². The lowest BCUT2D eigenvalue weighted by atomic mass is 10.1. The molecule has 0 saturated heterocycles. The van der Waals surface area contributed by atoms with Crippen molar-refractivity contribution in [1.82, 2.24) is 25.4 Å². The number of ether oxygens (including phenoxy) is 2. The largest absolute Gasteiger partial charge is 0.493 e. The van der Waals surface area contributed by atoms with E-state index in [4.69, 9.17) is 9.47 Å². The van der Waals surface area contributed by atoms with Gasteiger partial charge in [0, 0.05) is 25.7 Å². The van der Waals surface area contributed by atoms with Gasteiger partial charge in [-0.05, 0) is 49.4 Å². The zero-order chi connectivity index (χ0) is 22.2. The Bertz CT molecular complexity index is 1020. The Morgan fingerprint density at radius 1 is 1.09 bits per heavy atom. The van der Waals surface area contributed by atoms with Crippen LogP contribution in [0.15, 0.2) is 60.1 Å². The average Bonchev–Trinajstić information content (AvgIpc) is 3.55. The molecule has 4 rings (SSSR count). The molecule has 176 valence electrons. The van der Waals surface area contributed by atoms with Crippen molar-refractivity contribution >= 4 is 29.9 Å². The van der Waals surface area contributed by atoms with Crippen LogP contribution in [0.3, 0.4) is 0 Å². The molecule has 0 bridgehead atoms. The molecule has 0 unspecified atom stereocenters. The van der Waals surface area contributed by atoms with Gasteiger partial charge in [-0.15, -0.1) is 24.0 Å². The molecule has 0 amide bonds. The number of aromatic nitrogens is 3. The van der Waals surface area contributed by atoms with Crippen molar-refractivity contribution in [1.29, 1.82) is 0 Å². The van der Waals surface area contributed by atoms with Crippen LogP contribution in [-0.4, -0.2) is 41.0 Å². The van der Waals surface area contributed by atoms with Crippen molar-refractivity contribution < 1.29 is 9.47 Å². The molecular formula is C24H31IN6O2. The zero-order valence-electron chi connectivity index (χ0n) is 19.0. The van der Waals surface area contributed by atoms with Crippen LogP contribution in [0.5, 0.6) is 11.5 Å². The molecule has 0 radical (unpaired) electrons. The number of nitrogens with one attached hydrogen (secondary N) is 2. The van der Waals surface area contributed by atoms with Crippen LogP contribution in [0.4, 0.5) is 0 Å². The summed E-state index contributed by atoms with van der Waals surface area (Å²) in [5, 5.41) is 10.9. The molecule has 1 aliphatic rings. The maximum absolute atomic E-state index is 6.33. The van der Waals surface area contributed by atoms with Gasteiger partial charge in [0.05, 0.1) is 18.9 Å². The second-order valence-corrected chi connectivity index (χ2v) is 7.76. The van der Waals surface area contributed by atoms with Gasteiger partial charge >= 0.3 is 0 Å². The second kappa shape index (κ2) is 12.4. The third-order valence-electron chi connectivity index (χ3n) is 5.62. The molecule has 9 heteroatoms. The number of methoxy groups -OCH3 is 1. The van der Waals surface area contributed by atoms with E-state index in [1.165, 1.54) is 19.2 Å². The summed E-state index contributed by atoms with van der Waals surface area (Å²) in [5.41, 5.74) is 3.17. The summed E-state index contributed by atoms with van der Waals surface area (Å²) in [6, 6.07) is 14.2. The van der Waals surface area contributed by atoms with Gasteiger partial charge < -0.3 is 20.1 Å². The van der Waals surface area contributed by atoms with Crippen LogP contribution in [0.2, 0.25) is 0 Å². The highest BCUT2D eigenvalue weighted by Gasteiger charge is 2.20. The summed E-state index contributed by atoms with van der Waals surface area (Å²) in [6.45, 7) is 1.24. The van der Waals surface area contributed by atoms with Crippen LogP contribution >= 0.6 is 24.0 Å². The number of nitrogens with zero attached hydrogens (tertiary/aromatic N) is 4. The van der Waals surface area contributed by atoms with Gasteiger partial charge in [-0.3, -0.25) is 4.99 Å². The van der Waals surface area contributed by atoms with Gasteiger partial charge in [-0.1, -0.05) is 24.3 Å². The molecule has 0 atom stereocenters. The Balaban J connectivity index is 0.00000306. The van der Waals surface area contributed by atoms with E-state index in [2.05, 4.69) is 43.9 Å². The predicted molar refractivity (Wildman–Crippen MR) is 140 cm³/mol. The Hall–Kier alpha value is -2.82. The van der Waals surface area contributed by atoms with Crippen LogP contribution in [0.1, 0.15) is 36.8 Å². The number of hydrogen-bond acceptors (Lipinski definition) is 5. The van der Waals surface area contributed by atoms with Crippen molar-refractivity contribution in [3.63, 3.8) is 0 Å². The van der Waals surface area contributed by atoms with Gasteiger partial charge in [0.15, 0.2) is 17.5 Å². The lowest BCUT2D eigenvalue weighted by molar-refractivity contribution is 0.198. The summed E-state index contributed by atoms with van der Waals surface area (Å²) in [6.07, 6.45) is 8.13. The molecular weight excluding hydrogens is 531 g/mol. The lowest BCUT2D eigenvalue weighted by Crippen LogP contribution is -2.36. The monoisotopic (exact) mass is 562 g/mol. The number of hydrogen-bond donors (Lipinski definition) is 2. The highest BCUT2D eigenvalue weighted by molar-refractivity contribution is 14.0. The van der Waals surface area contributed by atoms with E-state index in [9.17, 15) is 0 Å². The molecule has 3 aromatic rings. The fourth-order valence-corrected chi connectivity index (χ4v) is 3.86. The molecule has 0 spiro atoms. The summed E-state index contributed by atoms with van der Waals surface area (Å²) >= 11 is 0. The molecule has 0 aliphatic heterocycles. The first-order chi connectivity index (χ1) is 15.8. The lowest BCUT2D eigenvalue weighted by Gasteiger charge is -2.20. The number of rotatable bonds is 8. The number of aliphatic imine (C=N–C) groups is 1. The molecule has 1 aromatic heterocycles. The van der Waals surface area contributed by atoms with E-state index in [-0.39, 0.29) is 30.1 Å². The second-order valence-electron chi connectivity index (χ2n) is 7.76. The van der Waals surface area contributed by atoms with Crippen LogP contribution < -0.4 is 20.1 Å². The third-order valence-corrected chi connectivity index (χ3v) is 5.62. The van der Waals surface area contributed by atoms with Crippen LogP contribution in [0.25, 0.3) is 5.69 Å². The number of para-hydroxylation sites is 1. The first-order valence-corrected chi connectivity index (χ1v) is 11.0. The highest BCUT2D eigenvalue weighted by atomic mass is 127. The minimum atomic E-state index is 0. The minimum Gasteiger partial charge on any atom is -0.493 e. The molecule has 1 fully saturated rings. The van der Waals surface area contributed by atoms with Gasteiger partial charge in [-0.2, -0.15) is 5.10 Å². The van der Waals surface area contributed by atoms with Crippen molar-refractivity contribution in [2.45, 2.75) is 44.9 Å². The first-order valence-electron chi connectivity index (χ1n) is 11.0. The molecule has 1 heterocycles. The Kier molecular flexibility index (Phi) is 9.35.